The minimum Gasteiger partial charge on any atom is -0.271 e. The SMILES string of the molecule is CC1=NN(c2ccccc2)C(=O)C12C(C)C2[N+](=O)[O-]. The average Bonchev–Trinajstić information content (AvgIpc) is 2.95. The van der Waals surface area contributed by atoms with Crippen LogP contribution in [0.1, 0.15) is 13.8 Å². The maximum Gasteiger partial charge on any atom is 0.266 e. The summed E-state index contributed by atoms with van der Waals surface area (Å²) in [5, 5.41) is 16.6. The van der Waals surface area contributed by atoms with Gasteiger partial charge < -0.3 is 0 Å². The van der Waals surface area contributed by atoms with E-state index in [2.05, 4.69) is 5.10 Å². The highest BCUT2D eigenvalue weighted by atomic mass is 16.6. The van der Waals surface area contributed by atoms with Crippen molar-refractivity contribution >= 4 is 17.3 Å². The Morgan fingerprint density at radius 3 is 2.53 bits per heavy atom. The third-order valence-electron chi connectivity index (χ3n) is 4.17. The molecule has 0 N–H and O–H groups in total. The quantitative estimate of drug-likeness (QED) is 0.599. The fourth-order valence-corrected chi connectivity index (χ4v) is 3.10. The van der Waals surface area contributed by atoms with Crippen molar-refractivity contribution in [2.45, 2.75) is 19.9 Å². The fraction of sp³-hybridized carbons (Fsp3) is 0.385. The largest absolute Gasteiger partial charge is 0.271 e. The average molecular weight is 259 g/mol. The lowest BCUT2D eigenvalue weighted by atomic mass is 9.98. The van der Waals surface area contributed by atoms with E-state index in [1.807, 2.05) is 6.07 Å². The van der Waals surface area contributed by atoms with Gasteiger partial charge in [0.2, 0.25) is 6.04 Å². The molecule has 1 amide bonds. The number of carbonyl (C=O) groups is 1. The molecule has 6 nitrogen and oxygen atoms in total. The van der Waals surface area contributed by atoms with Crippen molar-refractivity contribution in [1.29, 1.82) is 0 Å². The number of rotatable bonds is 2. The number of nitrogens with zero attached hydrogens (tertiary/aromatic N) is 3. The molecule has 98 valence electrons. The van der Waals surface area contributed by atoms with Crippen LogP contribution in [-0.4, -0.2) is 22.6 Å². The normalized spacial score (nSPS) is 32.6. The van der Waals surface area contributed by atoms with Gasteiger partial charge in [-0.25, -0.2) is 0 Å². The molecule has 1 aliphatic heterocycles. The molecular weight excluding hydrogens is 246 g/mol. The van der Waals surface area contributed by atoms with Crippen LogP contribution in [0, 0.1) is 21.4 Å². The summed E-state index contributed by atoms with van der Waals surface area (Å²) in [4.78, 5) is 23.2. The summed E-state index contributed by atoms with van der Waals surface area (Å²) in [6, 6.07) is 8.14. The zero-order chi connectivity index (χ0) is 13.8. The molecule has 1 saturated carbocycles. The monoisotopic (exact) mass is 259 g/mol. The van der Waals surface area contributed by atoms with Crippen LogP contribution in [0.25, 0.3) is 0 Å². The van der Waals surface area contributed by atoms with E-state index in [0.717, 1.165) is 0 Å². The molecule has 0 aromatic heterocycles. The van der Waals surface area contributed by atoms with Gasteiger partial charge in [-0.2, -0.15) is 10.1 Å². The number of hydrogen-bond acceptors (Lipinski definition) is 4. The lowest BCUT2D eigenvalue weighted by Gasteiger charge is -2.13. The lowest BCUT2D eigenvalue weighted by molar-refractivity contribution is -0.501. The van der Waals surface area contributed by atoms with Gasteiger partial charge in [0.15, 0.2) is 5.41 Å². The molecule has 3 rings (SSSR count). The Kier molecular flexibility index (Phi) is 2.26. The van der Waals surface area contributed by atoms with Gasteiger partial charge in [-0.05, 0) is 19.1 Å². The van der Waals surface area contributed by atoms with Gasteiger partial charge in [-0.1, -0.05) is 25.1 Å². The van der Waals surface area contributed by atoms with Gasteiger partial charge in [0, 0.05) is 4.92 Å². The second-order valence-corrected chi connectivity index (χ2v) is 5.03. The van der Waals surface area contributed by atoms with Crippen LogP contribution in [0.2, 0.25) is 0 Å². The lowest BCUT2D eigenvalue weighted by Crippen LogP contribution is -2.33. The number of nitro groups is 1. The van der Waals surface area contributed by atoms with Crippen molar-refractivity contribution in [3.05, 3.63) is 40.4 Å². The van der Waals surface area contributed by atoms with Crippen LogP contribution in [-0.2, 0) is 4.79 Å². The first kappa shape index (κ1) is 11.8. The molecule has 1 heterocycles. The first-order chi connectivity index (χ1) is 9.01. The molecule has 1 aromatic carbocycles. The van der Waals surface area contributed by atoms with Crippen LogP contribution in [0.3, 0.4) is 0 Å². The van der Waals surface area contributed by atoms with Gasteiger partial charge in [0.1, 0.15) is 0 Å². The van der Waals surface area contributed by atoms with E-state index in [-0.39, 0.29) is 16.7 Å². The summed E-state index contributed by atoms with van der Waals surface area (Å²) in [6.45, 7) is 3.43. The number of para-hydroxylation sites is 1. The van der Waals surface area contributed by atoms with Crippen molar-refractivity contribution in [2.24, 2.45) is 16.4 Å². The number of hydrogen-bond donors (Lipinski definition) is 0. The Bertz CT molecular complexity index is 598. The molecule has 1 aliphatic carbocycles. The number of hydrazone groups is 1. The highest BCUT2D eigenvalue weighted by molar-refractivity contribution is 6.21. The van der Waals surface area contributed by atoms with Crippen LogP contribution in [0.5, 0.6) is 0 Å². The summed E-state index contributed by atoms with van der Waals surface area (Å²) < 4.78 is 0. The van der Waals surface area contributed by atoms with Crippen LogP contribution in [0.4, 0.5) is 5.69 Å². The molecule has 1 spiro atoms. The molecule has 2 aliphatic rings. The second kappa shape index (κ2) is 3.63. The van der Waals surface area contributed by atoms with Crippen molar-refractivity contribution in [1.82, 2.24) is 0 Å². The molecule has 1 aromatic rings. The van der Waals surface area contributed by atoms with Gasteiger partial charge in [-0.3, -0.25) is 14.9 Å². The van der Waals surface area contributed by atoms with Crippen molar-refractivity contribution in [3.63, 3.8) is 0 Å². The highest BCUT2D eigenvalue weighted by Gasteiger charge is 2.80. The van der Waals surface area contributed by atoms with E-state index in [4.69, 9.17) is 0 Å². The van der Waals surface area contributed by atoms with Gasteiger partial charge in [-0.15, -0.1) is 0 Å². The standard InChI is InChI=1S/C13H13N3O3/c1-8-11(16(18)19)13(8)9(2)14-15(12(13)17)10-6-4-3-5-7-10/h3-8,11H,1-2H3. The summed E-state index contributed by atoms with van der Waals surface area (Å²) in [5.41, 5.74) is 0.153. The van der Waals surface area contributed by atoms with E-state index in [9.17, 15) is 14.9 Å². The smallest absolute Gasteiger partial charge is 0.266 e. The van der Waals surface area contributed by atoms with Crippen LogP contribution < -0.4 is 5.01 Å². The molecule has 6 heteroatoms. The number of carbonyl (C=O) groups excluding carboxylic acids is 1. The summed E-state index contributed by atoms with van der Waals surface area (Å²) in [5.74, 6) is -0.585. The Morgan fingerprint density at radius 2 is 2.00 bits per heavy atom. The van der Waals surface area contributed by atoms with Gasteiger partial charge in [0.05, 0.1) is 17.3 Å². The van der Waals surface area contributed by atoms with Crippen molar-refractivity contribution in [3.8, 4) is 0 Å². The Balaban J connectivity index is 2.00. The van der Waals surface area contributed by atoms with E-state index in [1.165, 1.54) is 5.01 Å². The number of amides is 1. The molecular formula is C13H13N3O3. The predicted octanol–water partition coefficient (Wildman–Crippen LogP) is 1.69. The fourth-order valence-electron chi connectivity index (χ4n) is 3.10. The molecule has 0 saturated heterocycles. The van der Waals surface area contributed by atoms with E-state index >= 15 is 0 Å². The summed E-state index contributed by atoms with van der Waals surface area (Å²) in [7, 11) is 0. The minimum atomic E-state index is -1.03. The van der Waals surface area contributed by atoms with E-state index < -0.39 is 11.5 Å². The topological polar surface area (TPSA) is 75.8 Å². The molecule has 3 atom stereocenters. The molecule has 1 fully saturated rings. The van der Waals surface area contributed by atoms with E-state index in [0.29, 0.717) is 11.4 Å². The molecule has 19 heavy (non-hydrogen) atoms. The predicted molar refractivity (Wildman–Crippen MR) is 69.4 cm³/mol. The van der Waals surface area contributed by atoms with E-state index in [1.54, 1.807) is 38.1 Å². The second-order valence-electron chi connectivity index (χ2n) is 5.03. The first-order valence-corrected chi connectivity index (χ1v) is 6.10. The first-order valence-electron chi connectivity index (χ1n) is 6.10. The maximum absolute atomic E-state index is 12.5. The number of benzene rings is 1. The van der Waals surface area contributed by atoms with Gasteiger partial charge in [0.25, 0.3) is 5.91 Å². The third-order valence-corrected chi connectivity index (χ3v) is 4.17. The maximum atomic E-state index is 12.5. The van der Waals surface area contributed by atoms with Crippen LogP contribution in [0.15, 0.2) is 35.4 Å². The summed E-state index contributed by atoms with van der Waals surface area (Å²) >= 11 is 0. The number of anilines is 1. The Labute approximate surface area is 109 Å². The van der Waals surface area contributed by atoms with Gasteiger partial charge >= 0.3 is 0 Å². The zero-order valence-electron chi connectivity index (χ0n) is 10.6. The highest BCUT2D eigenvalue weighted by Crippen LogP contribution is 2.59. The van der Waals surface area contributed by atoms with Crippen molar-refractivity contribution < 1.29 is 9.72 Å². The third kappa shape index (κ3) is 1.31. The molecule has 3 unspecified atom stereocenters. The minimum absolute atomic E-state index is 0.287. The van der Waals surface area contributed by atoms with Crippen LogP contribution >= 0.6 is 0 Å². The Hall–Kier alpha value is -2.24. The molecule has 0 bridgehead atoms. The zero-order valence-corrected chi connectivity index (χ0v) is 10.6. The molecule has 0 radical (unpaired) electrons. The Morgan fingerprint density at radius 1 is 1.37 bits per heavy atom. The van der Waals surface area contributed by atoms with Crippen molar-refractivity contribution in [2.75, 3.05) is 5.01 Å². The summed E-state index contributed by atoms with van der Waals surface area (Å²) in [6.07, 6.45) is 0.